The topological polar surface area (TPSA) is 71.8 Å². The van der Waals surface area contributed by atoms with Gasteiger partial charge in [0.2, 0.25) is 5.91 Å². The molecule has 2 N–H and O–H groups in total. The number of anilines is 1. The molecule has 110 valence electrons. The van der Waals surface area contributed by atoms with Gasteiger partial charge in [-0.2, -0.15) is 0 Å². The van der Waals surface area contributed by atoms with E-state index in [1.165, 1.54) is 0 Å². The molecule has 2 aromatic rings. The maximum Gasteiger partial charge on any atom is 0.226 e. The van der Waals surface area contributed by atoms with Crippen LogP contribution in [0.1, 0.15) is 25.1 Å². The minimum absolute atomic E-state index is 0.0152. The van der Waals surface area contributed by atoms with Gasteiger partial charge in [-0.05, 0) is 38.4 Å². The summed E-state index contributed by atoms with van der Waals surface area (Å²) in [5.41, 5.74) is 0.710. The van der Waals surface area contributed by atoms with Crippen molar-refractivity contribution in [3.05, 3.63) is 36.5 Å². The van der Waals surface area contributed by atoms with Crippen LogP contribution in [0.15, 0.2) is 30.7 Å². The summed E-state index contributed by atoms with van der Waals surface area (Å²) in [6.07, 6.45) is 7.97. The molecular weight excluding hydrogens is 266 g/mol. The van der Waals surface area contributed by atoms with Crippen molar-refractivity contribution in [2.24, 2.45) is 0 Å². The molecule has 0 saturated carbocycles. The van der Waals surface area contributed by atoms with Crippen molar-refractivity contribution in [2.75, 3.05) is 11.9 Å². The molecule has 1 unspecified atom stereocenters. The number of rotatable bonds is 4. The molecule has 2 aromatic heterocycles. The standard InChI is InChI=1S/C15H19N5O/c1-11-16-8-9-20(11)15-13(5-3-7-18-15)19-14(21)10-12-4-2-6-17-12/h3,5,7-9,12,17H,2,4,6,10H2,1H3,(H,19,21). The average molecular weight is 285 g/mol. The van der Waals surface area contributed by atoms with Crippen molar-refractivity contribution in [1.29, 1.82) is 0 Å². The number of amides is 1. The predicted octanol–water partition coefficient (Wildman–Crippen LogP) is 1.66. The van der Waals surface area contributed by atoms with Gasteiger partial charge in [-0.15, -0.1) is 0 Å². The van der Waals surface area contributed by atoms with E-state index >= 15 is 0 Å². The lowest BCUT2D eigenvalue weighted by atomic mass is 10.1. The summed E-state index contributed by atoms with van der Waals surface area (Å²) in [4.78, 5) is 20.7. The summed E-state index contributed by atoms with van der Waals surface area (Å²) < 4.78 is 1.86. The van der Waals surface area contributed by atoms with E-state index < -0.39 is 0 Å². The largest absolute Gasteiger partial charge is 0.323 e. The quantitative estimate of drug-likeness (QED) is 0.896. The molecular formula is C15H19N5O. The van der Waals surface area contributed by atoms with Crippen LogP contribution in [0.2, 0.25) is 0 Å². The van der Waals surface area contributed by atoms with E-state index in [0.29, 0.717) is 24.0 Å². The number of carbonyl (C=O) groups excluding carboxylic acids is 1. The lowest BCUT2D eigenvalue weighted by molar-refractivity contribution is -0.116. The van der Waals surface area contributed by atoms with E-state index in [0.717, 1.165) is 25.2 Å². The minimum atomic E-state index is 0.0152. The van der Waals surface area contributed by atoms with Gasteiger partial charge >= 0.3 is 0 Å². The molecule has 0 aliphatic carbocycles. The van der Waals surface area contributed by atoms with E-state index in [2.05, 4.69) is 20.6 Å². The Labute approximate surface area is 123 Å². The first-order valence-electron chi connectivity index (χ1n) is 7.22. The van der Waals surface area contributed by atoms with Gasteiger partial charge in [0.05, 0.1) is 5.69 Å². The highest BCUT2D eigenvalue weighted by molar-refractivity contribution is 5.92. The number of imidazole rings is 1. The Morgan fingerprint density at radius 2 is 2.38 bits per heavy atom. The molecule has 0 aromatic carbocycles. The summed E-state index contributed by atoms with van der Waals surface area (Å²) >= 11 is 0. The number of aromatic nitrogens is 3. The Morgan fingerprint density at radius 3 is 3.10 bits per heavy atom. The summed E-state index contributed by atoms with van der Waals surface area (Å²) in [6.45, 7) is 2.91. The van der Waals surface area contributed by atoms with E-state index in [1.54, 1.807) is 12.4 Å². The fourth-order valence-corrected chi connectivity index (χ4v) is 2.64. The number of hydrogen-bond donors (Lipinski definition) is 2. The average Bonchev–Trinajstić information content (AvgIpc) is 3.11. The second-order valence-electron chi connectivity index (χ2n) is 5.26. The molecule has 1 fully saturated rings. The van der Waals surface area contributed by atoms with Crippen LogP contribution in [0, 0.1) is 6.92 Å². The third kappa shape index (κ3) is 3.11. The van der Waals surface area contributed by atoms with E-state index in [4.69, 9.17) is 0 Å². The zero-order chi connectivity index (χ0) is 14.7. The van der Waals surface area contributed by atoms with Gasteiger partial charge in [-0.1, -0.05) is 0 Å². The third-order valence-corrected chi connectivity index (χ3v) is 3.71. The molecule has 6 nitrogen and oxygen atoms in total. The van der Waals surface area contributed by atoms with Crippen molar-refractivity contribution in [3.63, 3.8) is 0 Å². The zero-order valence-electron chi connectivity index (χ0n) is 12.0. The highest BCUT2D eigenvalue weighted by Gasteiger charge is 2.18. The fraction of sp³-hybridized carbons (Fsp3) is 0.400. The van der Waals surface area contributed by atoms with Crippen LogP contribution in [-0.2, 0) is 4.79 Å². The highest BCUT2D eigenvalue weighted by Crippen LogP contribution is 2.19. The number of carbonyl (C=O) groups is 1. The van der Waals surface area contributed by atoms with Crippen molar-refractivity contribution >= 4 is 11.6 Å². The van der Waals surface area contributed by atoms with Gasteiger partial charge in [0.1, 0.15) is 5.82 Å². The van der Waals surface area contributed by atoms with Crippen LogP contribution in [0.4, 0.5) is 5.69 Å². The summed E-state index contributed by atoms with van der Waals surface area (Å²) in [7, 11) is 0. The molecule has 1 aliphatic rings. The van der Waals surface area contributed by atoms with Crippen molar-refractivity contribution < 1.29 is 4.79 Å². The summed E-state index contributed by atoms with van der Waals surface area (Å²) in [5, 5.41) is 6.30. The van der Waals surface area contributed by atoms with E-state index in [9.17, 15) is 4.79 Å². The molecule has 0 radical (unpaired) electrons. The molecule has 0 spiro atoms. The first kappa shape index (κ1) is 13.8. The van der Waals surface area contributed by atoms with E-state index in [-0.39, 0.29) is 5.91 Å². The maximum absolute atomic E-state index is 12.2. The van der Waals surface area contributed by atoms with Gasteiger partial charge in [-0.3, -0.25) is 9.36 Å². The van der Waals surface area contributed by atoms with Crippen molar-refractivity contribution in [3.8, 4) is 5.82 Å². The van der Waals surface area contributed by atoms with Crippen LogP contribution in [0.3, 0.4) is 0 Å². The Kier molecular flexibility index (Phi) is 3.96. The fourth-order valence-electron chi connectivity index (χ4n) is 2.64. The Bertz CT molecular complexity index is 630. The molecule has 1 saturated heterocycles. The second kappa shape index (κ2) is 6.05. The number of nitrogens with one attached hydrogen (secondary N) is 2. The lowest BCUT2D eigenvalue weighted by Gasteiger charge is -2.13. The molecule has 1 atom stereocenters. The van der Waals surface area contributed by atoms with Crippen molar-refractivity contribution in [1.82, 2.24) is 19.9 Å². The number of pyridine rings is 1. The summed E-state index contributed by atoms with van der Waals surface area (Å²) in [6, 6.07) is 3.97. The molecule has 3 rings (SSSR count). The number of nitrogens with zero attached hydrogens (tertiary/aromatic N) is 3. The van der Waals surface area contributed by atoms with E-state index in [1.807, 2.05) is 29.8 Å². The Morgan fingerprint density at radius 1 is 1.48 bits per heavy atom. The molecule has 0 bridgehead atoms. The van der Waals surface area contributed by atoms with Crippen LogP contribution in [0.5, 0.6) is 0 Å². The Hall–Kier alpha value is -2.21. The molecule has 1 amide bonds. The zero-order valence-corrected chi connectivity index (χ0v) is 12.0. The highest BCUT2D eigenvalue weighted by atomic mass is 16.1. The monoisotopic (exact) mass is 285 g/mol. The lowest BCUT2D eigenvalue weighted by Crippen LogP contribution is -2.27. The Balaban J connectivity index is 1.76. The number of aryl methyl sites for hydroxylation is 1. The van der Waals surface area contributed by atoms with Gasteiger partial charge in [-0.25, -0.2) is 9.97 Å². The minimum Gasteiger partial charge on any atom is -0.323 e. The third-order valence-electron chi connectivity index (χ3n) is 3.71. The smallest absolute Gasteiger partial charge is 0.226 e. The molecule has 1 aliphatic heterocycles. The van der Waals surface area contributed by atoms with Gasteiger partial charge in [0.15, 0.2) is 5.82 Å². The molecule has 6 heteroatoms. The first-order chi connectivity index (χ1) is 10.2. The van der Waals surface area contributed by atoms with Crippen LogP contribution < -0.4 is 10.6 Å². The normalized spacial score (nSPS) is 17.9. The second-order valence-corrected chi connectivity index (χ2v) is 5.26. The molecule has 21 heavy (non-hydrogen) atoms. The SMILES string of the molecule is Cc1nccn1-c1ncccc1NC(=O)CC1CCCN1. The van der Waals surface area contributed by atoms with Crippen LogP contribution in [-0.4, -0.2) is 33.0 Å². The van der Waals surface area contributed by atoms with Gasteiger partial charge < -0.3 is 10.6 Å². The predicted molar refractivity (Wildman–Crippen MR) is 80.4 cm³/mol. The summed E-state index contributed by atoms with van der Waals surface area (Å²) in [5.74, 6) is 1.54. The van der Waals surface area contributed by atoms with Gasteiger partial charge in [0, 0.05) is 31.1 Å². The maximum atomic E-state index is 12.2. The first-order valence-corrected chi connectivity index (χ1v) is 7.22. The molecule has 3 heterocycles. The van der Waals surface area contributed by atoms with Crippen molar-refractivity contribution in [2.45, 2.75) is 32.2 Å². The van der Waals surface area contributed by atoms with Gasteiger partial charge in [0.25, 0.3) is 0 Å². The number of hydrogen-bond acceptors (Lipinski definition) is 4. The van der Waals surface area contributed by atoms with Crippen LogP contribution in [0.25, 0.3) is 5.82 Å². The van der Waals surface area contributed by atoms with Crippen LogP contribution >= 0.6 is 0 Å².